The van der Waals surface area contributed by atoms with Gasteiger partial charge in [0, 0.05) is 25.9 Å². The van der Waals surface area contributed by atoms with Gasteiger partial charge in [0.2, 0.25) is 0 Å². The summed E-state index contributed by atoms with van der Waals surface area (Å²) in [6.45, 7) is 2.88. The molecule has 0 aliphatic carbocycles. The van der Waals surface area contributed by atoms with E-state index in [-0.39, 0.29) is 12.1 Å². The Labute approximate surface area is 115 Å². The number of hydrogen-bond donors (Lipinski definition) is 2. The standard InChI is InChI=1S/C14H25N3O2/c1-4-12(15)14(13-7-5-6-8-16-13)17(2)9-11(18)10-19-3/h5-8,11-12,14,18H,4,9-10,15H2,1-3H3. The maximum Gasteiger partial charge on any atom is 0.0900 e. The van der Waals surface area contributed by atoms with Gasteiger partial charge in [-0.1, -0.05) is 13.0 Å². The molecule has 3 unspecified atom stereocenters. The van der Waals surface area contributed by atoms with Gasteiger partial charge in [0.05, 0.1) is 24.4 Å². The molecule has 0 aliphatic heterocycles. The Bertz CT molecular complexity index is 348. The van der Waals surface area contributed by atoms with E-state index in [0.29, 0.717) is 13.2 Å². The third kappa shape index (κ3) is 4.87. The fourth-order valence-corrected chi connectivity index (χ4v) is 2.24. The number of nitrogens with zero attached hydrogens (tertiary/aromatic N) is 2. The van der Waals surface area contributed by atoms with Crippen molar-refractivity contribution in [3.05, 3.63) is 30.1 Å². The first kappa shape index (κ1) is 16.0. The van der Waals surface area contributed by atoms with E-state index < -0.39 is 6.10 Å². The smallest absolute Gasteiger partial charge is 0.0900 e. The first-order valence-electron chi connectivity index (χ1n) is 6.63. The quantitative estimate of drug-likeness (QED) is 0.729. The number of methoxy groups -OCH3 is 1. The zero-order valence-electron chi connectivity index (χ0n) is 12.0. The summed E-state index contributed by atoms with van der Waals surface area (Å²) in [6.07, 6.45) is 2.10. The van der Waals surface area contributed by atoms with Crippen LogP contribution in [0.25, 0.3) is 0 Å². The summed E-state index contributed by atoms with van der Waals surface area (Å²) in [5.41, 5.74) is 7.14. The second kappa shape index (κ2) is 8.22. The van der Waals surface area contributed by atoms with Crippen molar-refractivity contribution in [3.8, 4) is 0 Å². The number of aliphatic hydroxyl groups excluding tert-OH is 1. The SMILES string of the molecule is CCC(N)C(c1ccccn1)N(C)CC(O)COC. The molecule has 1 rings (SSSR count). The number of nitrogens with two attached hydrogens (primary N) is 1. The van der Waals surface area contributed by atoms with Crippen molar-refractivity contribution in [3.63, 3.8) is 0 Å². The average Bonchev–Trinajstić information content (AvgIpc) is 2.40. The molecular formula is C14H25N3O2. The van der Waals surface area contributed by atoms with E-state index in [1.807, 2.05) is 30.1 Å². The fraction of sp³-hybridized carbons (Fsp3) is 0.643. The maximum absolute atomic E-state index is 9.84. The van der Waals surface area contributed by atoms with Gasteiger partial charge in [-0.3, -0.25) is 9.88 Å². The Kier molecular flexibility index (Phi) is 6.94. The highest BCUT2D eigenvalue weighted by molar-refractivity contribution is 5.11. The van der Waals surface area contributed by atoms with Gasteiger partial charge in [-0.05, 0) is 25.6 Å². The highest BCUT2D eigenvalue weighted by atomic mass is 16.5. The van der Waals surface area contributed by atoms with Crippen LogP contribution in [0.4, 0.5) is 0 Å². The van der Waals surface area contributed by atoms with E-state index in [2.05, 4.69) is 11.9 Å². The molecule has 0 aliphatic rings. The molecule has 0 bridgehead atoms. The van der Waals surface area contributed by atoms with Gasteiger partial charge < -0.3 is 15.6 Å². The Balaban J connectivity index is 2.80. The van der Waals surface area contributed by atoms with Gasteiger partial charge in [-0.15, -0.1) is 0 Å². The van der Waals surface area contributed by atoms with Crippen LogP contribution in [-0.4, -0.2) is 54.4 Å². The van der Waals surface area contributed by atoms with Crippen molar-refractivity contribution in [2.24, 2.45) is 5.73 Å². The van der Waals surface area contributed by atoms with Crippen molar-refractivity contribution in [2.75, 3.05) is 27.3 Å². The van der Waals surface area contributed by atoms with Crippen LogP contribution in [0.2, 0.25) is 0 Å². The Hall–Kier alpha value is -1.01. The molecule has 3 N–H and O–H groups in total. The molecule has 0 amide bonds. The Morgan fingerprint density at radius 2 is 2.21 bits per heavy atom. The van der Waals surface area contributed by atoms with Crippen molar-refractivity contribution in [1.29, 1.82) is 0 Å². The van der Waals surface area contributed by atoms with Crippen molar-refractivity contribution in [1.82, 2.24) is 9.88 Å². The molecule has 1 heterocycles. The van der Waals surface area contributed by atoms with E-state index in [9.17, 15) is 5.11 Å². The van der Waals surface area contributed by atoms with Crippen molar-refractivity contribution < 1.29 is 9.84 Å². The summed E-state index contributed by atoms with van der Waals surface area (Å²) in [7, 11) is 3.53. The van der Waals surface area contributed by atoms with E-state index in [1.54, 1.807) is 13.3 Å². The normalized spacial score (nSPS) is 16.3. The lowest BCUT2D eigenvalue weighted by Gasteiger charge is -2.33. The summed E-state index contributed by atoms with van der Waals surface area (Å²) in [6, 6.07) is 5.79. The lowest BCUT2D eigenvalue weighted by atomic mass is 10.0. The van der Waals surface area contributed by atoms with Gasteiger partial charge >= 0.3 is 0 Å². The predicted molar refractivity (Wildman–Crippen MR) is 75.8 cm³/mol. The number of aromatic nitrogens is 1. The minimum absolute atomic E-state index is 0.00212. The van der Waals surface area contributed by atoms with E-state index in [0.717, 1.165) is 12.1 Å². The molecule has 1 aromatic rings. The first-order chi connectivity index (χ1) is 9.10. The topological polar surface area (TPSA) is 71.6 Å². The second-order valence-corrected chi connectivity index (χ2v) is 4.82. The van der Waals surface area contributed by atoms with Crippen LogP contribution in [0.1, 0.15) is 25.1 Å². The first-order valence-corrected chi connectivity index (χ1v) is 6.63. The van der Waals surface area contributed by atoms with Gasteiger partial charge in [0.25, 0.3) is 0 Å². The molecule has 0 saturated carbocycles. The Morgan fingerprint density at radius 1 is 1.47 bits per heavy atom. The third-order valence-electron chi connectivity index (χ3n) is 3.20. The number of aliphatic hydroxyl groups is 1. The van der Waals surface area contributed by atoms with Crippen LogP contribution in [0.5, 0.6) is 0 Å². The molecule has 5 nitrogen and oxygen atoms in total. The number of pyridine rings is 1. The van der Waals surface area contributed by atoms with Gasteiger partial charge in [0.15, 0.2) is 0 Å². The number of hydrogen-bond acceptors (Lipinski definition) is 5. The van der Waals surface area contributed by atoms with E-state index in [1.165, 1.54) is 0 Å². The van der Waals surface area contributed by atoms with Gasteiger partial charge in [-0.2, -0.15) is 0 Å². The minimum Gasteiger partial charge on any atom is -0.389 e. The lowest BCUT2D eigenvalue weighted by molar-refractivity contribution is 0.0304. The summed E-state index contributed by atoms with van der Waals surface area (Å²) in [4.78, 5) is 6.43. The highest BCUT2D eigenvalue weighted by Crippen LogP contribution is 2.22. The summed E-state index contributed by atoms with van der Waals surface area (Å²) < 4.78 is 4.95. The van der Waals surface area contributed by atoms with Crippen molar-refractivity contribution in [2.45, 2.75) is 31.5 Å². The molecule has 0 radical (unpaired) electrons. The zero-order chi connectivity index (χ0) is 14.3. The van der Waals surface area contributed by atoms with Crippen LogP contribution in [0, 0.1) is 0 Å². The number of rotatable bonds is 8. The largest absolute Gasteiger partial charge is 0.389 e. The van der Waals surface area contributed by atoms with Crippen LogP contribution >= 0.6 is 0 Å². The molecule has 1 aromatic heterocycles. The van der Waals surface area contributed by atoms with E-state index >= 15 is 0 Å². The molecule has 0 spiro atoms. The number of likely N-dealkylation sites (N-methyl/N-ethyl adjacent to an activating group) is 1. The molecular weight excluding hydrogens is 242 g/mol. The fourth-order valence-electron chi connectivity index (χ4n) is 2.24. The monoisotopic (exact) mass is 267 g/mol. The van der Waals surface area contributed by atoms with Crippen LogP contribution < -0.4 is 5.73 Å². The van der Waals surface area contributed by atoms with Gasteiger partial charge in [-0.25, -0.2) is 0 Å². The molecule has 19 heavy (non-hydrogen) atoms. The maximum atomic E-state index is 9.84. The van der Waals surface area contributed by atoms with Crippen molar-refractivity contribution >= 4 is 0 Å². The van der Waals surface area contributed by atoms with Crippen LogP contribution in [0.15, 0.2) is 24.4 Å². The third-order valence-corrected chi connectivity index (χ3v) is 3.20. The molecule has 3 atom stereocenters. The summed E-state index contributed by atoms with van der Waals surface area (Å²) in [5, 5.41) is 9.84. The van der Waals surface area contributed by atoms with E-state index in [4.69, 9.17) is 10.5 Å². The Morgan fingerprint density at radius 3 is 2.74 bits per heavy atom. The predicted octanol–water partition coefficient (Wildman–Crippen LogP) is 0.799. The molecule has 0 fully saturated rings. The molecule has 0 aromatic carbocycles. The molecule has 108 valence electrons. The molecule has 5 heteroatoms. The minimum atomic E-state index is -0.523. The zero-order valence-corrected chi connectivity index (χ0v) is 12.0. The van der Waals surface area contributed by atoms with Crippen LogP contribution in [-0.2, 0) is 4.74 Å². The summed E-state index contributed by atoms with van der Waals surface area (Å²) in [5.74, 6) is 0. The lowest BCUT2D eigenvalue weighted by Crippen LogP contribution is -2.43. The molecule has 0 saturated heterocycles. The summed E-state index contributed by atoms with van der Waals surface area (Å²) >= 11 is 0. The average molecular weight is 267 g/mol. The number of ether oxygens (including phenoxy) is 1. The van der Waals surface area contributed by atoms with Crippen LogP contribution in [0.3, 0.4) is 0 Å². The van der Waals surface area contributed by atoms with Gasteiger partial charge in [0.1, 0.15) is 0 Å². The highest BCUT2D eigenvalue weighted by Gasteiger charge is 2.25. The second-order valence-electron chi connectivity index (χ2n) is 4.82.